The van der Waals surface area contributed by atoms with Crippen LogP contribution in [-0.2, 0) is 12.8 Å². The van der Waals surface area contributed by atoms with Crippen LogP contribution < -0.4 is 10.6 Å². The van der Waals surface area contributed by atoms with Crippen molar-refractivity contribution in [1.29, 1.82) is 0 Å². The quantitative estimate of drug-likeness (QED) is 0.678. The van der Waals surface area contributed by atoms with Gasteiger partial charge in [0.1, 0.15) is 11.6 Å². The van der Waals surface area contributed by atoms with Gasteiger partial charge in [0.15, 0.2) is 0 Å². The summed E-state index contributed by atoms with van der Waals surface area (Å²) < 4.78 is 0. The molecule has 0 atom stereocenters. The number of aromatic nitrogens is 3. The Kier molecular flexibility index (Phi) is 5.31. The number of hydrogen-bond donors (Lipinski definition) is 3. The first-order valence-electron chi connectivity index (χ1n) is 7.18. The Morgan fingerprint density at radius 2 is 2.24 bits per heavy atom. The van der Waals surface area contributed by atoms with Gasteiger partial charge in [0.05, 0.1) is 0 Å². The molecular formula is C15H21N5O. The van der Waals surface area contributed by atoms with E-state index >= 15 is 0 Å². The number of carbonyl (C=O) groups excluding carboxylic acids is 1. The molecule has 0 saturated carbocycles. The first-order chi connectivity index (χ1) is 10.2. The molecule has 21 heavy (non-hydrogen) atoms. The molecule has 0 spiro atoms. The lowest BCUT2D eigenvalue weighted by Gasteiger charge is -2.08. The third-order valence-corrected chi connectivity index (χ3v) is 3.19. The zero-order valence-electron chi connectivity index (χ0n) is 12.4. The summed E-state index contributed by atoms with van der Waals surface area (Å²) in [5.74, 6) is 1.59. The minimum Gasteiger partial charge on any atom is -0.373 e. The average molecular weight is 287 g/mol. The van der Waals surface area contributed by atoms with E-state index in [-0.39, 0.29) is 5.91 Å². The van der Waals surface area contributed by atoms with E-state index in [0.717, 1.165) is 36.6 Å². The van der Waals surface area contributed by atoms with E-state index in [1.165, 1.54) is 0 Å². The molecule has 1 amide bonds. The van der Waals surface area contributed by atoms with Crippen molar-refractivity contribution in [2.24, 2.45) is 0 Å². The second-order valence-corrected chi connectivity index (χ2v) is 4.73. The van der Waals surface area contributed by atoms with Gasteiger partial charge in [0, 0.05) is 43.7 Å². The molecule has 0 aliphatic rings. The Morgan fingerprint density at radius 1 is 1.38 bits per heavy atom. The number of nitrogens with one attached hydrogen (secondary N) is 3. The van der Waals surface area contributed by atoms with Crippen LogP contribution in [0.15, 0.2) is 24.5 Å². The molecular weight excluding hydrogens is 266 g/mol. The fraction of sp³-hybridized carbons (Fsp3) is 0.400. The fourth-order valence-electron chi connectivity index (χ4n) is 2.02. The first kappa shape index (κ1) is 15.0. The number of anilines is 1. The number of aromatic amines is 1. The second-order valence-electron chi connectivity index (χ2n) is 4.73. The third-order valence-electron chi connectivity index (χ3n) is 3.19. The summed E-state index contributed by atoms with van der Waals surface area (Å²) in [6.07, 6.45) is 6.01. The predicted octanol–water partition coefficient (Wildman–Crippen LogP) is 1.77. The lowest BCUT2D eigenvalue weighted by atomic mass is 10.1. The number of imidazole rings is 1. The Morgan fingerprint density at radius 3 is 2.90 bits per heavy atom. The molecule has 0 saturated heterocycles. The van der Waals surface area contributed by atoms with Crippen molar-refractivity contribution in [2.45, 2.75) is 26.2 Å². The van der Waals surface area contributed by atoms with E-state index in [9.17, 15) is 4.79 Å². The van der Waals surface area contributed by atoms with Crippen molar-refractivity contribution >= 4 is 11.7 Å². The van der Waals surface area contributed by atoms with Crippen molar-refractivity contribution in [2.75, 3.05) is 18.9 Å². The Bertz CT molecular complexity index is 558. The molecule has 0 aromatic carbocycles. The summed E-state index contributed by atoms with van der Waals surface area (Å²) in [5, 5.41) is 5.91. The van der Waals surface area contributed by atoms with Crippen molar-refractivity contribution in [3.05, 3.63) is 41.6 Å². The fourth-order valence-corrected chi connectivity index (χ4v) is 2.02. The molecule has 0 aliphatic heterocycles. The van der Waals surface area contributed by atoms with E-state index in [4.69, 9.17) is 0 Å². The highest BCUT2D eigenvalue weighted by molar-refractivity contribution is 5.95. The summed E-state index contributed by atoms with van der Waals surface area (Å²) in [7, 11) is 1.80. The number of amides is 1. The maximum atomic E-state index is 12.2. The standard InChI is InChI=1S/C15H21N5O/c1-3-12-9-11(10-14(16-2)20-12)15(21)19-6-4-5-13-17-7-8-18-13/h7-10H,3-6H2,1-2H3,(H,16,20)(H,17,18)(H,19,21). The lowest BCUT2D eigenvalue weighted by Crippen LogP contribution is -2.25. The molecule has 112 valence electrons. The SMILES string of the molecule is CCc1cc(C(=O)NCCCc2ncc[nH]2)cc(NC)n1. The van der Waals surface area contributed by atoms with Gasteiger partial charge >= 0.3 is 0 Å². The van der Waals surface area contributed by atoms with E-state index in [1.807, 2.05) is 13.0 Å². The minimum absolute atomic E-state index is 0.0666. The highest BCUT2D eigenvalue weighted by Gasteiger charge is 2.08. The summed E-state index contributed by atoms with van der Waals surface area (Å²) in [6.45, 7) is 2.64. The normalized spacial score (nSPS) is 10.4. The van der Waals surface area contributed by atoms with Crippen LogP contribution in [0.25, 0.3) is 0 Å². The van der Waals surface area contributed by atoms with Crippen molar-refractivity contribution in [1.82, 2.24) is 20.3 Å². The highest BCUT2D eigenvalue weighted by Crippen LogP contribution is 2.10. The number of carbonyl (C=O) groups is 1. The van der Waals surface area contributed by atoms with Crippen molar-refractivity contribution in [3.63, 3.8) is 0 Å². The number of nitrogens with zero attached hydrogens (tertiary/aromatic N) is 2. The van der Waals surface area contributed by atoms with Gasteiger partial charge < -0.3 is 15.6 Å². The molecule has 6 nitrogen and oxygen atoms in total. The average Bonchev–Trinajstić information content (AvgIpc) is 3.04. The van der Waals surface area contributed by atoms with Gasteiger partial charge in [-0.25, -0.2) is 9.97 Å². The monoisotopic (exact) mass is 287 g/mol. The zero-order valence-corrected chi connectivity index (χ0v) is 12.4. The summed E-state index contributed by atoms with van der Waals surface area (Å²) in [6, 6.07) is 3.60. The van der Waals surface area contributed by atoms with Gasteiger partial charge in [-0.1, -0.05) is 6.92 Å². The molecule has 3 N–H and O–H groups in total. The maximum Gasteiger partial charge on any atom is 0.251 e. The topological polar surface area (TPSA) is 82.7 Å². The Labute approximate surface area is 124 Å². The molecule has 0 fully saturated rings. The number of rotatable bonds is 7. The van der Waals surface area contributed by atoms with Gasteiger partial charge in [-0.2, -0.15) is 0 Å². The Balaban J connectivity index is 1.87. The maximum absolute atomic E-state index is 12.2. The molecule has 2 aromatic rings. The van der Waals surface area contributed by atoms with Crippen LogP contribution in [0.3, 0.4) is 0 Å². The Hall–Kier alpha value is -2.37. The van der Waals surface area contributed by atoms with E-state index in [0.29, 0.717) is 12.1 Å². The summed E-state index contributed by atoms with van der Waals surface area (Å²) >= 11 is 0. The summed E-state index contributed by atoms with van der Waals surface area (Å²) in [4.78, 5) is 23.7. The molecule has 2 aromatic heterocycles. The number of pyridine rings is 1. The van der Waals surface area contributed by atoms with Gasteiger partial charge in [0.2, 0.25) is 0 Å². The van der Waals surface area contributed by atoms with Crippen LogP contribution in [-0.4, -0.2) is 34.5 Å². The predicted molar refractivity (Wildman–Crippen MR) is 82.4 cm³/mol. The smallest absolute Gasteiger partial charge is 0.251 e. The lowest BCUT2D eigenvalue weighted by molar-refractivity contribution is 0.0953. The second kappa shape index (κ2) is 7.42. The molecule has 2 heterocycles. The third kappa shape index (κ3) is 4.30. The van der Waals surface area contributed by atoms with Crippen molar-refractivity contribution < 1.29 is 4.79 Å². The van der Waals surface area contributed by atoms with Crippen LogP contribution in [0.5, 0.6) is 0 Å². The highest BCUT2D eigenvalue weighted by atomic mass is 16.1. The number of aryl methyl sites for hydroxylation is 2. The van der Waals surface area contributed by atoms with Crippen LogP contribution in [0.4, 0.5) is 5.82 Å². The van der Waals surface area contributed by atoms with Gasteiger partial charge in [0.25, 0.3) is 5.91 Å². The minimum atomic E-state index is -0.0666. The molecule has 0 radical (unpaired) electrons. The van der Waals surface area contributed by atoms with E-state index < -0.39 is 0 Å². The molecule has 6 heteroatoms. The van der Waals surface area contributed by atoms with E-state index in [1.54, 1.807) is 25.5 Å². The molecule has 0 unspecified atom stereocenters. The van der Waals surface area contributed by atoms with Crippen LogP contribution in [0, 0.1) is 0 Å². The van der Waals surface area contributed by atoms with Crippen LogP contribution in [0.1, 0.15) is 35.2 Å². The zero-order chi connectivity index (χ0) is 15.1. The van der Waals surface area contributed by atoms with Crippen LogP contribution in [0.2, 0.25) is 0 Å². The van der Waals surface area contributed by atoms with Crippen LogP contribution >= 0.6 is 0 Å². The van der Waals surface area contributed by atoms with Gasteiger partial charge in [-0.15, -0.1) is 0 Å². The molecule has 2 rings (SSSR count). The molecule has 0 bridgehead atoms. The first-order valence-corrected chi connectivity index (χ1v) is 7.18. The van der Waals surface area contributed by atoms with Gasteiger partial charge in [-0.3, -0.25) is 4.79 Å². The van der Waals surface area contributed by atoms with Gasteiger partial charge in [-0.05, 0) is 25.0 Å². The van der Waals surface area contributed by atoms with Crippen molar-refractivity contribution in [3.8, 4) is 0 Å². The number of H-pyrrole nitrogens is 1. The molecule has 0 aliphatic carbocycles. The van der Waals surface area contributed by atoms with E-state index in [2.05, 4.69) is 25.6 Å². The number of hydrogen-bond acceptors (Lipinski definition) is 4. The largest absolute Gasteiger partial charge is 0.373 e. The summed E-state index contributed by atoms with van der Waals surface area (Å²) in [5.41, 5.74) is 1.55.